The van der Waals surface area contributed by atoms with Crippen LogP contribution in [0.5, 0.6) is 0 Å². The molecule has 0 aromatic heterocycles. The summed E-state index contributed by atoms with van der Waals surface area (Å²) in [5.74, 6) is -1.01. The van der Waals surface area contributed by atoms with Gasteiger partial charge in [0.2, 0.25) is 0 Å². The molecule has 0 aromatic rings. The summed E-state index contributed by atoms with van der Waals surface area (Å²) in [7, 11) is 0. The maximum absolute atomic E-state index is 13.4. The fourth-order valence-corrected chi connectivity index (χ4v) is 6.43. The first-order valence-electron chi connectivity index (χ1n) is 20.6. The quantitative estimate of drug-likeness (QED) is 0.0296. The molecule has 0 atom stereocenters. The topological polar surface area (TPSA) is 61.8 Å². The van der Waals surface area contributed by atoms with Crippen molar-refractivity contribution in [2.75, 3.05) is 0 Å². The van der Waals surface area contributed by atoms with Gasteiger partial charge in [-0.05, 0) is 52.4 Å². The van der Waals surface area contributed by atoms with E-state index in [0.717, 1.165) is 50.4 Å². The molecular weight excluding hydrogens is 584 g/mol. The van der Waals surface area contributed by atoms with Crippen LogP contribution in [0.4, 0.5) is 0 Å². The molecule has 5 heteroatoms. The van der Waals surface area contributed by atoms with Crippen LogP contribution < -0.4 is 0 Å². The van der Waals surface area contributed by atoms with Gasteiger partial charge in [-0.2, -0.15) is 0 Å². The third-order valence-electron chi connectivity index (χ3n) is 9.07. The van der Waals surface area contributed by atoms with Gasteiger partial charge >= 0.3 is 11.9 Å². The van der Waals surface area contributed by atoms with Crippen molar-refractivity contribution in [3.05, 3.63) is 0 Å². The van der Waals surface area contributed by atoms with Crippen LogP contribution in [0.2, 0.25) is 0 Å². The molecule has 0 heterocycles. The second-order valence-electron chi connectivity index (χ2n) is 15.8. The van der Waals surface area contributed by atoms with Crippen LogP contribution in [0.3, 0.4) is 0 Å². The molecule has 0 rings (SSSR count). The summed E-state index contributed by atoms with van der Waals surface area (Å²) < 4.78 is 17.6. The molecule has 0 saturated heterocycles. The Morgan fingerprint density at radius 3 is 1.04 bits per heavy atom. The van der Waals surface area contributed by atoms with Crippen molar-refractivity contribution in [1.82, 2.24) is 0 Å². The predicted octanol–water partition coefficient (Wildman–Crippen LogP) is 13.4. The predicted molar refractivity (Wildman–Crippen MR) is 201 cm³/mol. The highest BCUT2D eigenvalue weighted by atomic mass is 16.7. The van der Waals surface area contributed by atoms with Crippen molar-refractivity contribution in [2.24, 2.45) is 11.8 Å². The van der Waals surface area contributed by atoms with Gasteiger partial charge < -0.3 is 14.2 Å². The molecule has 0 N–H and O–H groups in total. The summed E-state index contributed by atoms with van der Waals surface area (Å²) in [6.45, 7) is 16.8. The average Bonchev–Trinajstić information content (AvgIpc) is 2.98. The summed E-state index contributed by atoms with van der Waals surface area (Å²) >= 11 is 0. The number of unbranched alkanes of at least 4 members (excludes halogenated alkanes) is 21. The van der Waals surface area contributed by atoms with Crippen LogP contribution in [-0.2, 0) is 23.8 Å². The Morgan fingerprint density at radius 1 is 0.426 bits per heavy atom. The average molecular weight is 667 g/mol. The van der Waals surface area contributed by atoms with Crippen molar-refractivity contribution >= 4 is 11.9 Å². The van der Waals surface area contributed by atoms with E-state index in [2.05, 4.69) is 27.7 Å². The normalized spacial score (nSPS) is 12.3. The Morgan fingerprint density at radius 2 is 0.723 bits per heavy atom. The van der Waals surface area contributed by atoms with E-state index in [1.165, 1.54) is 122 Å². The van der Waals surface area contributed by atoms with Crippen molar-refractivity contribution in [3.8, 4) is 0 Å². The molecule has 0 aliphatic rings. The molecule has 0 amide bonds. The van der Waals surface area contributed by atoms with Crippen molar-refractivity contribution < 1.29 is 23.8 Å². The molecule has 0 aliphatic carbocycles. The Bertz CT molecular complexity index is 704. The van der Waals surface area contributed by atoms with E-state index in [1.807, 2.05) is 27.7 Å². The van der Waals surface area contributed by atoms with E-state index in [-0.39, 0.29) is 18.6 Å². The third-order valence-corrected chi connectivity index (χ3v) is 9.07. The third kappa shape index (κ3) is 29.7. The highest BCUT2D eigenvalue weighted by molar-refractivity contribution is 5.89. The van der Waals surface area contributed by atoms with Gasteiger partial charge in [0.25, 0.3) is 5.79 Å². The van der Waals surface area contributed by atoms with Gasteiger partial charge in [-0.25, -0.2) is 4.79 Å². The molecule has 5 nitrogen and oxygen atoms in total. The van der Waals surface area contributed by atoms with Crippen LogP contribution >= 0.6 is 0 Å². The second-order valence-corrected chi connectivity index (χ2v) is 15.8. The molecule has 0 fully saturated rings. The Balaban J connectivity index is 4.26. The van der Waals surface area contributed by atoms with Gasteiger partial charge in [0.1, 0.15) is 0 Å². The molecule has 0 aromatic carbocycles. The van der Waals surface area contributed by atoms with Crippen LogP contribution in [0.25, 0.3) is 0 Å². The van der Waals surface area contributed by atoms with E-state index < -0.39 is 17.7 Å². The van der Waals surface area contributed by atoms with Gasteiger partial charge in [0, 0.05) is 12.8 Å². The number of ether oxygens (including phenoxy) is 3. The number of carbonyl (C=O) groups is 2. The minimum atomic E-state index is -1.53. The summed E-state index contributed by atoms with van der Waals surface area (Å²) in [5.41, 5.74) is 0. The van der Waals surface area contributed by atoms with Gasteiger partial charge in [-0.3, -0.25) is 4.79 Å². The van der Waals surface area contributed by atoms with Crippen LogP contribution in [0, 0.1) is 11.8 Å². The molecule has 0 radical (unpaired) electrons. The molecular formula is C42H82O5. The summed E-state index contributed by atoms with van der Waals surface area (Å²) in [4.78, 5) is 26.0. The first-order chi connectivity index (χ1) is 22.5. The fraction of sp³-hybridized carbons (Fsp3) is 0.952. The van der Waals surface area contributed by atoms with Crippen LogP contribution in [0.15, 0.2) is 0 Å². The maximum atomic E-state index is 13.4. The highest BCUT2D eigenvalue weighted by Crippen LogP contribution is 2.28. The van der Waals surface area contributed by atoms with E-state index in [0.29, 0.717) is 6.42 Å². The van der Waals surface area contributed by atoms with E-state index >= 15 is 0 Å². The van der Waals surface area contributed by atoms with Crippen LogP contribution in [-0.4, -0.2) is 29.9 Å². The zero-order valence-corrected chi connectivity index (χ0v) is 32.9. The monoisotopic (exact) mass is 667 g/mol. The lowest BCUT2D eigenvalue weighted by atomic mass is 10.0. The molecule has 0 unspecified atom stereocenters. The number of rotatable bonds is 34. The number of hydrogen-bond acceptors (Lipinski definition) is 5. The van der Waals surface area contributed by atoms with Gasteiger partial charge in [-0.15, -0.1) is 0 Å². The standard InChI is InChI=1S/C42H82O5/c1-36(2)32-28-24-20-16-12-9-10-14-18-22-26-30-34-40(43)45-41(44)42(46-38(5)6,47-39(7)8)35-31-27-23-19-15-11-13-17-21-25-29-33-37(3)4/h36-39H,9-35H2,1-8H3. The van der Waals surface area contributed by atoms with E-state index in [4.69, 9.17) is 14.2 Å². The number of esters is 2. The fourth-order valence-electron chi connectivity index (χ4n) is 6.43. The lowest BCUT2D eigenvalue weighted by molar-refractivity contribution is -0.272. The van der Waals surface area contributed by atoms with Crippen molar-refractivity contribution in [1.29, 1.82) is 0 Å². The zero-order valence-electron chi connectivity index (χ0n) is 32.9. The minimum absolute atomic E-state index is 0.225. The lowest BCUT2D eigenvalue weighted by Crippen LogP contribution is -2.49. The minimum Gasteiger partial charge on any atom is -0.389 e. The summed E-state index contributed by atoms with van der Waals surface area (Å²) in [5, 5.41) is 0. The van der Waals surface area contributed by atoms with E-state index in [1.54, 1.807) is 0 Å². The van der Waals surface area contributed by atoms with Crippen molar-refractivity contribution in [2.45, 2.75) is 247 Å². The van der Waals surface area contributed by atoms with Crippen molar-refractivity contribution in [3.63, 3.8) is 0 Å². The Hall–Kier alpha value is -0.940. The molecule has 280 valence electrons. The molecule has 0 aliphatic heterocycles. The molecule has 0 spiro atoms. The van der Waals surface area contributed by atoms with Crippen LogP contribution in [0.1, 0.15) is 229 Å². The zero-order chi connectivity index (χ0) is 35.2. The Kier molecular flexibility index (Phi) is 30.4. The molecule has 0 bridgehead atoms. The number of carbonyl (C=O) groups excluding carboxylic acids is 2. The Labute approximate surface area is 293 Å². The number of hydrogen-bond donors (Lipinski definition) is 0. The smallest absolute Gasteiger partial charge is 0.374 e. The summed E-state index contributed by atoms with van der Waals surface area (Å²) in [6.07, 6.45) is 31.5. The van der Waals surface area contributed by atoms with E-state index in [9.17, 15) is 9.59 Å². The molecule has 47 heavy (non-hydrogen) atoms. The first kappa shape index (κ1) is 46.1. The SMILES string of the molecule is CC(C)CCCCCCCCCCCCCCC(=O)OC(=O)C(CCCCCCCCCCCCCC(C)C)(OC(C)C)OC(C)C. The maximum Gasteiger partial charge on any atom is 0.374 e. The highest BCUT2D eigenvalue weighted by Gasteiger charge is 2.45. The summed E-state index contributed by atoms with van der Waals surface area (Å²) in [6, 6.07) is 0. The largest absolute Gasteiger partial charge is 0.389 e. The first-order valence-corrected chi connectivity index (χ1v) is 20.6. The molecule has 0 saturated carbocycles. The lowest BCUT2D eigenvalue weighted by Gasteiger charge is -2.34. The van der Waals surface area contributed by atoms with Gasteiger partial charge in [0.05, 0.1) is 12.2 Å². The van der Waals surface area contributed by atoms with Gasteiger partial charge in [-0.1, -0.05) is 175 Å². The van der Waals surface area contributed by atoms with Gasteiger partial charge in [0.15, 0.2) is 0 Å². The second kappa shape index (κ2) is 31.1.